The number of carbonyl (C=O) groups excluding carboxylic acids is 1. The van der Waals surface area contributed by atoms with E-state index in [2.05, 4.69) is 37.7 Å². The van der Waals surface area contributed by atoms with Crippen LogP contribution >= 0.6 is 11.8 Å². The Kier molecular flexibility index (Phi) is 8.91. The molecule has 15 heavy (non-hydrogen) atoms. The van der Waals surface area contributed by atoms with Crippen LogP contribution in [0.4, 0.5) is 0 Å². The van der Waals surface area contributed by atoms with E-state index >= 15 is 0 Å². The molecule has 0 spiro atoms. The van der Waals surface area contributed by atoms with Crippen molar-refractivity contribution < 1.29 is 4.79 Å². The molecule has 0 aliphatic carbocycles. The lowest BCUT2D eigenvalue weighted by molar-refractivity contribution is -0.121. The highest BCUT2D eigenvalue weighted by Gasteiger charge is 2.08. The lowest BCUT2D eigenvalue weighted by Crippen LogP contribution is -2.42. The second kappa shape index (κ2) is 9.04. The summed E-state index contributed by atoms with van der Waals surface area (Å²) in [6, 6.07) is 0.725. The first-order valence-corrected chi connectivity index (χ1v) is 7.05. The van der Waals surface area contributed by atoms with Crippen molar-refractivity contribution in [3.05, 3.63) is 0 Å². The van der Waals surface area contributed by atoms with E-state index in [1.54, 1.807) is 11.8 Å². The second-order valence-corrected chi connectivity index (χ2v) is 4.73. The average Bonchev–Trinajstić information content (AvgIpc) is 2.23. The van der Waals surface area contributed by atoms with E-state index < -0.39 is 0 Å². The zero-order valence-corrected chi connectivity index (χ0v) is 11.1. The number of hydrogen-bond acceptors (Lipinski definition) is 3. The third kappa shape index (κ3) is 7.68. The van der Waals surface area contributed by atoms with E-state index in [1.165, 1.54) is 0 Å². The van der Waals surface area contributed by atoms with Gasteiger partial charge in [0, 0.05) is 17.8 Å². The smallest absolute Gasteiger partial charge is 0.234 e. The molecule has 2 N–H and O–H groups in total. The molecular formula is C11H24N2OS. The molecule has 0 fully saturated rings. The summed E-state index contributed by atoms with van der Waals surface area (Å²) < 4.78 is 0. The molecule has 0 heterocycles. The molecule has 0 saturated heterocycles. The van der Waals surface area contributed by atoms with Gasteiger partial charge in [0.2, 0.25) is 5.91 Å². The molecule has 1 atom stereocenters. The molecule has 1 amide bonds. The zero-order chi connectivity index (χ0) is 11.7. The fourth-order valence-electron chi connectivity index (χ4n) is 1.35. The summed E-state index contributed by atoms with van der Waals surface area (Å²) in [7, 11) is 0. The summed E-state index contributed by atoms with van der Waals surface area (Å²) >= 11 is 1.79. The Hall–Kier alpha value is -0.220. The number of amides is 1. The monoisotopic (exact) mass is 232 g/mol. The van der Waals surface area contributed by atoms with Gasteiger partial charge < -0.3 is 10.6 Å². The normalized spacial score (nSPS) is 12.9. The SMILES string of the molecule is CCC(CC)NC(=O)CNC(C)CSC. The molecule has 0 aliphatic heterocycles. The molecule has 0 saturated carbocycles. The minimum Gasteiger partial charge on any atom is -0.352 e. The predicted molar refractivity (Wildman–Crippen MR) is 68.4 cm³/mol. The summed E-state index contributed by atoms with van der Waals surface area (Å²) in [6.07, 6.45) is 4.08. The predicted octanol–water partition coefficient (Wildman–Crippen LogP) is 1.63. The van der Waals surface area contributed by atoms with Gasteiger partial charge in [0.25, 0.3) is 0 Å². The van der Waals surface area contributed by atoms with E-state index in [0.717, 1.165) is 18.6 Å². The van der Waals surface area contributed by atoms with Crippen LogP contribution in [0.15, 0.2) is 0 Å². The van der Waals surface area contributed by atoms with Crippen LogP contribution in [0, 0.1) is 0 Å². The van der Waals surface area contributed by atoms with Crippen molar-refractivity contribution in [3.8, 4) is 0 Å². The van der Waals surface area contributed by atoms with E-state index in [-0.39, 0.29) is 5.91 Å². The van der Waals surface area contributed by atoms with Crippen LogP contribution < -0.4 is 10.6 Å². The van der Waals surface area contributed by atoms with Crippen LogP contribution in [0.3, 0.4) is 0 Å². The standard InChI is InChI=1S/C11H24N2OS/c1-5-10(6-2)13-11(14)7-12-9(3)8-15-4/h9-10,12H,5-8H2,1-4H3,(H,13,14). The van der Waals surface area contributed by atoms with E-state index in [9.17, 15) is 4.79 Å². The molecule has 0 rings (SSSR count). The van der Waals surface area contributed by atoms with Gasteiger partial charge in [-0.25, -0.2) is 0 Å². The molecule has 0 bridgehead atoms. The quantitative estimate of drug-likeness (QED) is 0.668. The largest absolute Gasteiger partial charge is 0.352 e. The molecule has 0 aromatic carbocycles. The van der Waals surface area contributed by atoms with Crippen LogP contribution in [0.2, 0.25) is 0 Å². The number of nitrogens with one attached hydrogen (secondary N) is 2. The molecule has 90 valence electrons. The zero-order valence-electron chi connectivity index (χ0n) is 10.3. The third-order valence-corrected chi connectivity index (χ3v) is 3.21. The van der Waals surface area contributed by atoms with Gasteiger partial charge in [0.15, 0.2) is 0 Å². The maximum absolute atomic E-state index is 11.5. The van der Waals surface area contributed by atoms with Gasteiger partial charge in [-0.1, -0.05) is 13.8 Å². The average molecular weight is 232 g/mol. The fourth-order valence-corrected chi connectivity index (χ4v) is 1.97. The molecule has 0 aliphatic rings. The van der Waals surface area contributed by atoms with Gasteiger partial charge in [-0.05, 0) is 26.0 Å². The Morgan fingerprint density at radius 1 is 1.33 bits per heavy atom. The van der Waals surface area contributed by atoms with Gasteiger partial charge in [-0.15, -0.1) is 0 Å². The minimum absolute atomic E-state index is 0.108. The van der Waals surface area contributed by atoms with E-state index in [4.69, 9.17) is 0 Å². The Labute approximate surface area is 97.8 Å². The maximum atomic E-state index is 11.5. The summed E-state index contributed by atoms with van der Waals surface area (Å²) in [6.45, 7) is 6.72. The van der Waals surface area contributed by atoms with Crippen molar-refractivity contribution >= 4 is 17.7 Å². The first kappa shape index (κ1) is 14.8. The van der Waals surface area contributed by atoms with Crippen LogP contribution in [-0.2, 0) is 4.79 Å². The Bertz CT molecular complexity index is 172. The van der Waals surface area contributed by atoms with E-state index in [1.807, 2.05) is 0 Å². The summed E-state index contributed by atoms with van der Waals surface area (Å²) in [4.78, 5) is 11.5. The molecule has 0 aromatic rings. The highest BCUT2D eigenvalue weighted by molar-refractivity contribution is 7.98. The van der Waals surface area contributed by atoms with Crippen LogP contribution in [0.5, 0.6) is 0 Å². The van der Waals surface area contributed by atoms with Crippen molar-refractivity contribution in [1.29, 1.82) is 0 Å². The van der Waals surface area contributed by atoms with Gasteiger partial charge >= 0.3 is 0 Å². The van der Waals surface area contributed by atoms with Crippen LogP contribution in [0.25, 0.3) is 0 Å². The van der Waals surface area contributed by atoms with Crippen molar-refractivity contribution in [2.24, 2.45) is 0 Å². The molecule has 4 heteroatoms. The van der Waals surface area contributed by atoms with Gasteiger partial charge in [-0.2, -0.15) is 11.8 Å². The first-order chi connectivity index (χ1) is 7.13. The molecule has 0 aromatic heterocycles. The summed E-state index contributed by atoms with van der Waals surface area (Å²) in [5, 5.41) is 6.21. The molecule has 0 radical (unpaired) electrons. The lowest BCUT2D eigenvalue weighted by Gasteiger charge is -2.16. The number of hydrogen-bond donors (Lipinski definition) is 2. The maximum Gasteiger partial charge on any atom is 0.234 e. The van der Waals surface area contributed by atoms with Gasteiger partial charge in [-0.3, -0.25) is 4.79 Å². The van der Waals surface area contributed by atoms with Crippen molar-refractivity contribution in [2.45, 2.75) is 45.7 Å². The van der Waals surface area contributed by atoms with Gasteiger partial charge in [0.05, 0.1) is 6.54 Å². The van der Waals surface area contributed by atoms with Crippen LogP contribution in [0.1, 0.15) is 33.6 Å². The summed E-state index contributed by atoms with van der Waals surface area (Å²) in [5.41, 5.74) is 0. The van der Waals surface area contributed by atoms with Gasteiger partial charge in [0.1, 0.15) is 0 Å². The number of thioether (sulfide) groups is 1. The van der Waals surface area contributed by atoms with Crippen LogP contribution in [-0.4, -0.2) is 36.5 Å². The molecule has 1 unspecified atom stereocenters. The third-order valence-electron chi connectivity index (χ3n) is 2.38. The Morgan fingerprint density at radius 3 is 2.40 bits per heavy atom. The highest BCUT2D eigenvalue weighted by atomic mass is 32.2. The number of rotatable bonds is 8. The first-order valence-electron chi connectivity index (χ1n) is 5.65. The Balaban J connectivity index is 3.64. The highest BCUT2D eigenvalue weighted by Crippen LogP contribution is 1.97. The molecular weight excluding hydrogens is 208 g/mol. The lowest BCUT2D eigenvalue weighted by atomic mass is 10.2. The minimum atomic E-state index is 0.108. The topological polar surface area (TPSA) is 41.1 Å². The van der Waals surface area contributed by atoms with E-state index in [0.29, 0.717) is 18.6 Å². The second-order valence-electron chi connectivity index (χ2n) is 3.82. The van der Waals surface area contributed by atoms with Crippen molar-refractivity contribution in [1.82, 2.24) is 10.6 Å². The summed E-state index contributed by atoms with van der Waals surface area (Å²) in [5.74, 6) is 1.15. The number of carbonyl (C=O) groups is 1. The Morgan fingerprint density at radius 2 is 1.93 bits per heavy atom. The molecule has 3 nitrogen and oxygen atoms in total. The van der Waals surface area contributed by atoms with Crippen molar-refractivity contribution in [2.75, 3.05) is 18.6 Å². The fraction of sp³-hybridized carbons (Fsp3) is 0.909. The van der Waals surface area contributed by atoms with Crippen molar-refractivity contribution in [3.63, 3.8) is 0 Å².